The van der Waals surface area contributed by atoms with E-state index in [0.29, 0.717) is 28.4 Å². The summed E-state index contributed by atoms with van der Waals surface area (Å²) in [5, 5.41) is 14.1. The van der Waals surface area contributed by atoms with Crippen LogP contribution in [0.1, 0.15) is 23.6 Å². The number of piperazine rings is 1. The first-order valence-corrected chi connectivity index (χ1v) is 13.8. The van der Waals surface area contributed by atoms with Crippen LogP contribution in [-0.4, -0.2) is 94.4 Å². The van der Waals surface area contributed by atoms with Crippen LogP contribution in [0.5, 0.6) is 11.5 Å². The quantitative estimate of drug-likeness (QED) is 0.306. The number of carbonyl (C=O) groups is 1. The van der Waals surface area contributed by atoms with Crippen LogP contribution in [-0.2, 0) is 28.4 Å². The molecule has 3 heterocycles. The lowest BCUT2D eigenvalue weighted by Crippen LogP contribution is -2.52. The molecule has 0 bridgehead atoms. The van der Waals surface area contributed by atoms with Gasteiger partial charge in [0, 0.05) is 38.6 Å². The minimum Gasteiger partial charge on any atom is -0.497 e. The van der Waals surface area contributed by atoms with E-state index in [1.165, 1.54) is 18.9 Å². The second kappa shape index (κ2) is 14.3. The predicted octanol–water partition coefficient (Wildman–Crippen LogP) is 2.62. The van der Waals surface area contributed by atoms with E-state index in [0.717, 1.165) is 6.20 Å². The summed E-state index contributed by atoms with van der Waals surface area (Å²) >= 11 is 0. The monoisotopic (exact) mass is 660 g/mol. The number of anilines is 1. The lowest BCUT2D eigenvalue weighted by atomic mass is 10.2. The highest BCUT2D eigenvalue weighted by Crippen LogP contribution is 2.33. The van der Waals surface area contributed by atoms with Gasteiger partial charge in [-0.05, 0) is 24.6 Å². The molecular weight excluding hydrogens is 630 g/mol. The molecule has 1 aliphatic rings. The van der Waals surface area contributed by atoms with Crippen LogP contribution in [0.25, 0.3) is 0 Å². The average Bonchev–Trinajstić information content (AvgIpc) is 3.01. The summed E-state index contributed by atoms with van der Waals surface area (Å²) in [4.78, 5) is 35.8. The number of benzene rings is 1. The van der Waals surface area contributed by atoms with E-state index in [-0.39, 0.29) is 45.3 Å². The molecule has 2 atom stereocenters. The first kappa shape index (κ1) is 34.4. The van der Waals surface area contributed by atoms with Crippen molar-refractivity contribution in [2.45, 2.75) is 38.0 Å². The van der Waals surface area contributed by atoms with Crippen molar-refractivity contribution in [3.63, 3.8) is 0 Å². The predicted molar refractivity (Wildman–Crippen MR) is 148 cm³/mol. The van der Waals surface area contributed by atoms with E-state index in [2.05, 4.69) is 15.1 Å². The summed E-state index contributed by atoms with van der Waals surface area (Å²) in [5.74, 6) is -0.877. The van der Waals surface area contributed by atoms with Crippen molar-refractivity contribution >= 4 is 11.9 Å². The number of ether oxygens (including phenoxy) is 3. The number of rotatable bonds is 11. The normalized spacial score (nSPS) is 15.4. The van der Waals surface area contributed by atoms with Gasteiger partial charge in [-0.2, -0.15) is 31.4 Å². The lowest BCUT2D eigenvalue weighted by Gasteiger charge is -2.35. The van der Waals surface area contributed by atoms with Gasteiger partial charge in [0.25, 0.3) is 11.5 Å². The van der Waals surface area contributed by atoms with Crippen LogP contribution in [0, 0.1) is 0 Å². The standard InChI is InChI=1S/C28H30F6N6O6/c1-17(46-22-13-37-40(25(43)23(22)28(32,33)34)14-18-3-5-20(44-2)6-4-18)15-45-16-21(41)24(42)38-7-9-39(10-8-38)26-35-11-19(12-36-26)27(29,30)31/h3-6,11-13,17,21,41H,7-10,14-16H2,1-2H3/t17-,21?/m0/s1. The molecular formula is C28H30F6N6O6. The van der Waals surface area contributed by atoms with E-state index in [1.54, 1.807) is 29.2 Å². The zero-order valence-corrected chi connectivity index (χ0v) is 24.6. The van der Waals surface area contributed by atoms with Crippen LogP contribution in [0.3, 0.4) is 0 Å². The number of aliphatic hydroxyl groups is 1. The van der Waals surface area contributed by atoms with Gasteiger partial charge in [0.05, 0.1) is 38.6 Å². The zero-order chi connectivity index (χ0) is 33.6. The maximum atomic E-state index is 13.9. The first-order valence-electron chi connectivity index (χ1n) is 13.8. The highest BCUT2D eigenvalue weighted by molar-refractivity contribution is 5.81. The number of halogens is 6. The second-order valence-corrected chi connectivity index (χ2v) is 10.3. The third-order valence-corrected chi connectivity index (χ3v) is 6.87. The number of carbonyl (C=O) groups excluding carboxylic acids is 1. The second-order valence-electron chi connectivity index (χ2n) is 10.3. The molecule has 1 aliphatic heterocycles. The number of nitrogens with zero attached hydrogens (tertiary/aromatic N) is 6. The Morgan fingerprint density at radius 3 is 2.15 bits per heavy atom. The molecule has 0 aliphatic carbocycles. The molecule has 1 saturated heterocycles. The molecule has 0 radical (unpaired) electrons. The van der Waals surface area contributed by atoms with Crippen molar-refractivity contribution < 1.29 is 50.5 Å². The van der Waals surface area contributed by atoms with Crippen molar-refractivity contribution in [2.75, 3.05) is 51.4 Å². The summed E-state index contributed by atoms with van der Waals surface area (Å²) < 4.78 is 96.2. The molecule has 18 heteroatoms. The fraction of sp³-hybridized carbons (Fsp3) is 0.464. The Balaban J connectivity index is 1.27. The van der Waals surface area contributed by atoms with Crippen molar-refractivity contribution in [2.24, 2.45) is 0 Å². The minimum absolute atomic E-state index is 0.0661. The summed E-state index contributed by atoms with van der Waals surface area (Å²) in [6.07, 6.45) is -10.1. The summed E-state index contributed by atoms with van der Waals surface area (Å²) in [5.41, 5.74) is -3.42. The molecule has 1 aromatic carbocycles. The van der Waals surface area contributed by atoms with Gasteiger partial charge in [0.1, 0.15) is 11.9 Å². The molecule has 0 saturated carbocycles. The van der Waals surface area contributed by atoms with Gasteiger partial charge in [-0.25, -0.2) is 14.6 Å². The number of alkyl halides is 6. The van der Waals surface area contributed by atoms with E-state index >= 15 is 0 Å². The largest absolute Gasteiger partial charge is 0.497 e. The Labute approximate surface area is 258 Å². The van der Waals surface area contributed by atoms with Gasteiger partial charge >= 0.3 is 12.4 Å². The maximum Gasteiger partial charge on any atom is 0.425 e. The lowest BCUT2D eigenvalue weighted by molar-refractivity contribution is -0.145. The molecule has 2 aromatic heterocycles. The first-order chi connectivity index (χ1) is 21.7. The fourth-order valence-corrected chi connectivity index (χ4v) is 4.48. The Morgan fingerprint density at radius 1 is 0.957 bits per heavy atom. The van der Waals surface area contributed by atoms with Crippen molar-refractivity contribution in [1.82, 2.24) is 24.6 Å². The number of hydrogen-bond acceptors (Lipinski definition) is 10. The number of hydrogen-bond donors (Lipinski definition) is 1. The maximum absolute atomic E-state index is 13.9. The fourth-order valence-electron chi connectivity index (χ4n) is 4.48. The van der Waals surface area contributed by atoms with Gasteiger partial charge in [-0.15, -0.1) is 0 Å². The van der Waals surface area contributed by atoms with Gasteiger partial charge in [0.2, 0.25) is 5.95 Å². The van der Waals surface area contributed by atoms with Crippen LogP contribution in [0.15, 0.2) is 47.7 Å². The van der Waals surface area contributed by atoms with Crippen LogP contribution < -0.4 is 19.9 Å². The summed E-state index contributed by atoms with van der Waals surface area (Å²) in [6.45, 7) is 0.953. The minimum atomic E-state index is -5.05. The zero-order valence-electron chi connectivity index (χ0n) is 24.6. The summed E-state index contributed by atoms with van der Waals surface area (Å²) in [6, 6.07) is 6.36. The SMILES string of the molecule is COc1ccc(Cn2ncc(O[C@@H](C)COCC(O)C(=O)N3CCN(c4ncc(C(F)(F)F)cn4)CC3)c(C(F)(F)F)c2=O)cc1. The highest BCUT2D eigenvalue weighted by atomic mass is 19.4. The van der Waals surface area contributed by atoms with E-state index < -0.39 is 59.5 Å². The third-order valence-electron chi connectivity index (χ3n) is 6.87. The molecule has 12 nitrogen and oxygen atoms in total. The van der Waals surface area contributed by atoms with Crippen molar-refractivity contribution in [1.29, 1.82) is 0 Å². The van der Waals surface area contributed by atoms with E-state index in [4.69, 9.17) is 14.2 Å². The van der Waals surface area contributed by atoms with Crippen LogP contribution in [0.2, 0.25) is 0 Å². The van der Waals surface area contributed by atoms with Gasteiger partial charge in [0.15, 0.2) is 17.4 Å². The number of aromatic nitrogens is 4. The average molecular weight is 661 g/mol. The van der Waals surface area contributed by atoms with Gasteiger partial charge in [-0.1, -0.05) is 12.1 Å². The molecule has 46 heavy (non-hydrogen) atoms. The molecule has 1 N–H and O–H groups in total. The third kappa shape index (κ3) is 8.63. The summed E-state index contributed by atoms with van der Waals surface area (Å²) in [7, 11) is 1.46. The number of amides is 1. The van der Waals surface area contributed by atoms with E-state index in [1.807, 2.05) is 0 Å². The highest BCUT2D eigenvalue weighted by Gasteiger charge is 2.39. The van der Waals surface area contributed by atoms with E-state index in [9.17, 15) is 41.0 Å². The Hall–Kier alpha value is -4.45. The number of methoxy groups -OCH3 is 1. The molecule has 250 valence electrons. The molecule has 4 rings (SSSR count). The molecule has 0 spiro atoms. The Bertz CT molecular complexity index is 1530. The van der Waals surface area contributed by atoms with Crippen molar-refractivity contribution in [3.05, 3.63) is 69.9 Å². The van der Waals surface area contributed by atoms with Crippen LogP contribution in [0.4, 0.5) is 32.3 Å². The van der Waals surface area contributed by atoms with Gasteiger partial charge in [-0.3, -0.25) is 9.59 Å². The molecule has 1 amide bonds. The molecule has 1 unspecified atom stereocenters. The Kier molecular flexibility index (Phi) is 10.7. The smallest absolute Gasteiger partial charge is 0.425 e. The number of aliphatic hydroxyl groups excluding tert-OH is 1. The van der Waals surface area contributed by atoms with Crippen molar-refractivity contribution in [3.8, 4) is 11.5 Å². The molecule has 3 aromatic rings. The van der Waals surface area contributed by atoms with Crippen LogP contribution >= 0.6 is 0 Å². The Morgan fingerprint density at radius 2 is 1.59 bits per heavy atom. The van der Waals surface area contributed by atoms with Gasteiger partial charge < -0.3 is 29.1 Å². The topological polar surface area (TPSA) is 132 Å². The molecule has 1 fully saturated rings.